The molecule has 0 radical (unpaired) electrons. The van der Waals surface area contributed by atoms with Gasteiger partial charge in [0.25, 0.3) is 0 Å². The second kappa shape index (κ2) is 6.09. The molecule has 0 aliphatic rings. The van der Waals surface area contributed by atoms with Crippen LogP contribution in [-0.4, -0.2) is 6.03 Å². The molecule has 17 heavy (non-hydrogen) atoms. The lowest BCUT2D eigenvalue weighted by Crippen LogP contribution is -2.24. The van der Waals surface area contributed by atoms with Crippen LogP contribution in [0.15, 0.2) is 36.0 Å². The van der Waals surface area contributed by atoms with Crippen LogP contribution in [0.2, 0.25) is 0 Å². The number of anilines is 1. The lowest BCUT2D eigenvalue weighted by atomic mass is 10.0. The molecule has 3 nitrogen and oxygen atoms in total. The third kappa shape index (κ3) is 4.31. The van der Waals surface area contributed by atoms with Gasteiger partial charge in [-0.05, 0) is 31.4 Å². The van der Waals surface area contributed by atoms with Crippen molar-refractivity contribution in [3.63, 3.8) is 0 Å². The number of carbonyl (C=O) groups excluding carboxylic acids is 1. The molecular weight excluding hydrogens is 212 g/mol. The highest BCUT2D eigenvalue weighted by atomic mass is 16.2. The summed E-state index contributed by atoms with van der Waals surface area (Å²) in [6.07, 6.45) is 1.69. The van der Waals surface area contributed by atoms with Gasteiger partial charge in [0.15, 0.2) is 0 Å². The van der Waals surface area contributed by atoms with Crippen molar-refractivity contribution in [2.45, 2.75) is 33.6 Å². The first-order chi connectivity index (χ1) is 8.00. The van der Waals surface area contributed by atoms with E-state index >= 15 is 0 Å². The first-order valence-electron chi connectivity index (χ1n) is 5.80. The Bertz CT molecular complexity index is 418. The molecule has 1 rings (SSSR count). The molecule has 0 saturated carbocycles. The van der Waals surface area contributed by atoms with Gasteiger partial charge < -0.3 is 10.6 Å². The van der Waals surface area contributed by atoms with Gasteiger partial charge in [0, 0.05) is 11.9 Å². The molecule has 0 aliphatic carbocycles. The van der Waals surface area contributed by atoms with Gasteiger partial charge in [0.1, 0.15) is 0 Å². The number of nitrogens with one attached hydrogen (secondary N) is 2. The largest absolute Gasteiger partial charge is 0.323 e. The first-order valence-corrected chi connectivity index (χ1v) is 5.80. The zero-order valence-corrected chi connectivity index (χ0v) is 10.9. The third-order valence-electron chi connectivity index (χ3n) is 2.32. The quantitative estimate of drug-likeness (QED) is 0.816. The number of amides is 2. The zero-order chi connectivity index (χ0) is 12.8. The Balaban J connectivity index is 2.74. The summed E-state index contributed by atoms with van der Waals surface area (Å²) in [5.74, 6) is 0.384. The smallest absolute Gasteiger partial charge is 0.314 e. The van der Waals surface area contributed by atoms with Crippen LogP contribution in [0.5, 0.6) is 0 Å². The summed E-state index contributed by atoms with van der Waals surface area (Å²) in [6.45, 7) is 8.08. The van der Waals surface area contributed by atoms with Crippen LogP contribution in [0.3, 0.4) is 0 Å². The summed E-state index contributed by atoms with van der Waals surface area (Å²) in [5.41, 5.74) is 3.05. The highest BCUT2D eigenvalue weighted by molar-refractivity contribution is 5.90. The first kappa shape index (κ1) is 13.3. The summed E-state index contributed by atoms with van der Waals surface area (Å²) in [5, 5.41) is 5.54. The second-order valence-corrected chi connectivity index (χ2v) is 4.56. The van der Waals surface area contributed by atoms with E-state index < -0.39 is 0 Å². The van der Waals surface area contributed by atoms with E-state index in [1.54, 1.807) is 6.20 Å². The molecule has 92 valence electrons. The Labute approximate surface area is 103 Å². The van der Waals surface area contributed by atoms with E-state index in [1.165, 1.54) is 0 Å². The minimum atomic E-state index is -0.209. The molecule has 0 atom stereocenters. The van der Waals surface area contributed by atoms with Crippen molar-refractivity contribution in [1.82, 2.24) is 5.32 Å². The standard InChI is InChI=1S/C14H20N2O/c1-10(2)9-15-14(17)16-13-8-6-5-7-12(13)11(3)4/h5-9,11H,1-4H3,(H2,15,16,17). The van der Waals surface area contributed by atoms with Crippen molar-refractivity contribution < 1.29 is 4.79 Å². The van der Waals surface area contributed by atoms with Crippen LogP contribution in [-0.2, 0) is 0 Å². The van der Waals surface area contributed by atoms with E-state index in [9.17, 15) is 4.79 Å². The van der Waals surface area contributed by atoms with Gasteiger partial charge in [-0.1, -0.05) is 37.6 Å². The Hall–Kier alpha value is -1.77. The summed E-state index contributed by atoms with van der Waals surface area (Å²) in [4.78, 5) is 11.6. The fraction of sp³-hybridized carbons (Fsp3) is 0.357. The van der Waals surface area contributed by atoms with Crippen molar-refractivity contribution in [2.75, 3.05) is 5.32 Å². The molecular formula is C14H20N2O. The molecule has 1 aromatic rings. The Kier molecular flexibility index (Phi) is 4.76. The van der Waals surface area contributed by atoms with Gasteiger partial charge in [-0.25, -0.2) is 4.79 Å². The number of benzene rings is 1. The van der Waals surface area contributed by atoms with Gasteiger partial charge in [-0.3, -0.25) is 0 Å². The van der Waals surface area contributed by atoms with Crippen LogP contribution in [0.4, 0.5) is 10.5 Å². The Morgan fingerprint density at radius 1 is 1.24 bits per heavy atom. The molecule has 0 aromatic heterocycles. The topological polar surface area (TPSA) is 41.1 Å². The maximum absolute atomic E-state index is 11.6. The monoisotopic (exact) mass is 232 g/mol. The van der Waals surface area contributed by atoms with E-state index in [0.717, 1.165) is 16.8 Å². The number of para-hydroxylation sites is 1. The average molecular weight is 232 g/mol. The number of allylic oxidation sites excluding steroid dienone is 1. The number of rotatable bonds is 3. The molecule has 0 spiro atoms. The molecule has 0 heterocycles. The van der Waals surface area contributed by atoms with Crippen molar-refractivity contribution in [2.24, 2.45) is 0 Å². The minimum absolute atomic E-state index is 0.209. The molecule has 0 fully saturated rings. The SMILES string of the molecule is CC(C)=CNC(=O)Nc1ccccc1C(C)C. The molecule has 0 unspecified atom stereocenters. The van der Waals surface area contributed by atoms with Gasteiger partial charge in [-0.15, -0.1) is 0 Å². The predicted octanol–water partition coefficient (Wildman–Crippen LogP) is 3.86. The number of carbonyl (C=O) groups is 1. The van der Waals surface area contributed by atoms with Crippen molar-refractivity contribution in [3.8, 4) is 0 Å². The van der Waals surface area contributed by atoms with E-state index in [-0.39, 0.29) is 6.03 Å². The maximum atomic E-state index is 11.6. The maximum Gasteiger partial charge on any atom is 0.323 e. The van der Waals surface area contributed by atoms with Crippen LogP contribution in [0.1, 0.15) is 39.2 Å². The Morgan fingerprint density at radius 3 is 2.47 bits per heavy atom. The Morgan fingerprint density at radius 2 is 1.88 bits per heavy atom. The zero-order valence-electron chi connectivity index (χ0n) is 10.9. The summed E-state index contributed by atoms with van der Waals surface area (Å²) in [7, 11) is 0. The highest BCUT2D eigenvalue weighted by Gasteiger charge is 2.07. The molecule has 2 amide bonds. The normalized spacial score (nSPS) is 9.94. The summed E-state index contributed by atoms with van der Waals surface area (Å²) >= 11 is 0. The average Bonchev–Trinajstić information content (AvgIpc) is 2.27. The second-order valence-electron chi connectivity index (χ2n) is 4.56. The molecule has 0 saturated heterocycles. The predicted molar refractivity (Wildman–Crippen MR) is 72.1 cm³/mol. The lowest BCUT2D eigenvalue weighted by Gasteiger charge is -2.13. The minimum Gasteiger partial charge on any atom is -0.314 e. The highest BCUT2D eigenvalue weighted by Crippen LogP contribution is 2.23. The van der Waals surface area contributed by atoms with Crippen LogP contribution >= 0.6 is 0 Å². The molecule has 3 heteroatoms. The van der Waals surface area contributed by atoms with E-state index in [0.29, 0.717) is 5.92 Å². The van der Waals surface area contributed by atoms with Crippen LogP contribution < -0.4 is 10.6 Å². The van der Waals surface area contributed by atoms with E-state index in [1.807, 2.05) is 38.1 Å². The van der Waals surface area contributed by atoms with Crippen molar-refractivity contribution in [1.29, 1.82) is 0 Å². The molecule has 2 N–H and O–H groups in total. The van der Waals surface area contributed by atoms with Crippen molar-refractivity contribution in [3.05, 3.63) is 41.6 Å². The summed E-state index contributed by atoms with van der Waals surface area (Å²) < 4.78 is 0. The van der Waals surface area contributed by atoms with Gasteiger partial charge in [0.2, 0.25) is 0 Å². The van der Waals surface area contributed by atoms with Gasteiger partial charge in [0.05, 0.1) is 0 Å². The fourth-order valence-corrected chi connectivity index (χ4v) is 1.48. The summed E-state index contributed by atoms with van der Waals surface area (Å²) in [6, 6.07) is 7.63. The van der Waals surface area contributed by atoms with Crippen molar-refractivity contribution >= 4 is 11.7 Å². The van der Waals surface area contributed by atoms with Crippen LogP contribution in [0, 0.1) is 0 Å². The molecule has 0 bridgehead atoms. The lowest BCUT2D eigenvalue weighted by molar-refractivity contribution is 0.255. The van der Waals surface area contributed by atoms with E-state index in [4.69, 9.17) is 0 Å². The fourth-order valence-electron chi connectivity index (χ4n) is 1.48. The third-order valence-corrected chi connectivity index (χ3v) is 2.32. The van der Waals surface area contributed by atoms with Gasteiger partial charge in [-0.2, -0.15) is 0 Å². The number of urea groups is 1. The molecule has 1 aromatic carbocycles. The van der Waals surface area contributed by atoms with E-state index in [2.05, 4.69) is 24.5 Å². The van der Waals surface area contributed by atoms with Crippen LogP contribution in [0.25, 0.3) is 0 Å². The number of hydrogen-bond acceptors (Lipinski definition) is 1. The van der Waals surface area contributed by atoms with Gasteiger partial charge >= 0.3 is 6.03 Å². The molecule has 0 aliphatic heterocycles. The number of hydrogen-bond donors (Lipinski definition) is 2.